The second kappa shape index (κ2) is 4.09. The zero-order valence-corrected chi connectivity index (χ0v) is 10.0. The van der Waals surface area contributed by atoms with E-state index in [0.29, 0.717) is 15.6 Å². The third-order valence-corrected chi connectivity index (χ3v) is 2.65. The first-order chi connectivity index (χ1) is 6.32. The Morgan fingerprint density at radius 3 is 2.29 bits per heavy atom. The smallest absolute Gasteiger partial charge is 0.0853 e. The highest BCUT2D eigenvalue weighted by Gasteiger charge is 2.25. The monoisotopic (exact) mass is 232 g/mol. The summed E-state index contributed by atoms with van der Waals surface area (Å²) >= 11 is 11.8. The molecule has 14 heavy (non-hydrogen) atoms. The van der Waals surface area contributed by atoms with Crippen LogP contribution in [0.25, 0.3) is 0 Å². The number of rotatable bonds is 1. The van der Waals surface area contributed by atoms with Crippen molar-refractivity contribution < 1.29 is 5.11 Å². The highest BCUT2D eigenvalue weighted by Crippen LogP contribution is 2.37. The quantitative estimate of drug-likeness (QED) is 0.775. The molecule has 1 rings (SSSR count). The minimum Gasteiger partial charge on any atom is -0.388 e. The van der Waals surface area contributed by atoms with Crippen molar-refractivity contribution in [2.75, 3.05) is 0 Å². The van der Waals surface area contributed by atoms with Gasteiger partial charge in [0, 0.05) is 15.6 Å². The number of halogens is 2. The number of hydrogen-bond donors (Lipinski definition) is 1. The van der Waals surface area contributed by atoms with Gasteiger partial charge in [-0.25, -0.2) is 0 Å². The Kier molecular flexibility index (Phi) is 3.46. The molecule has 0 saturated heterocycles. The molecule has 0 aliphatic carbocycles. The molecule has 1 aromatic rings. The minimum atomic E-state index is -0.603. The SMILES string of the molecule is CC(C)(C)C(O)c1cc(Cl)ccc1Cl. The van der Waals surface area contributed by atoms with Crippen LogP contribution in [0, 0.1) is 5.41 Å². The van der Waals surface area contributed by atoms with Crippen molar-refractivity contribution in [2.24, 2.45) is 5.41 Å². The highest BCUT2D eigenvalue weighted by atomic mass is 35.5. The van der Waals surface area contributed by atoms with Crippen LogP contribution in [0.1, 0.15) is 32.4 Å². The Balaban J connectivity index is 3.12. The third kappa shape index (κ3) is 2.63. The zero-order valence-electron chi connectivity index (χ0n) is 8.51. The van der Waals surface area contributed by atoms with Crippen molar-refractivity contribution >= 4 is 23.2 Å². The van der Waals surface area contributed by atoms with Gasteiger partial charge in [-0.1, -0.05) is 44.0 Å². The molecule has 0 aliphatic heterocycles. The van der Waals surface area contributed by atoms with Crippen LogP contribution in [0.15, 0.2) is 18.2 Å². The predicted molar refractivity (Wildman–Crippen MR) is 60.9 cm³/mol. The van der Waals surface area contributed by atoms with Gasteiger partial charge in [0.15, 0.2) is 0 Å². The van der Waals surface area contributed by atoms with Crippen LogP contribution >= 0.6 is 23.2 Å². The molecule has 1 N–H and O–H groups in total. The summed E-state index contributed by atoms with van der Waals surface area (Å²) in [6.07, 6.45) is -0.603. The Labute approximate surface area is 94.7 Å². The molecule has 0 aromatic heterocycles. The lowest BCUT2D eigenvalue weighted by molar-refractivity contribution is 0.0628. The minimum absolute atomic E-state index is 0.242. The molecule has 1 unspecified atom stereocenters. The first-order valence-electron chi connectivity index (χ1n) is 4.45. The fourth-order valence-corrected chi connectivity index (χ4v) is 1.59. The van der Waals surface area contributed by atoms with Gasteiger partial charge in [-0.05, 0) is 23.6 Å². The molecule has 0 aliphatic rings. The Hall–Kier alpha value is -0.240. The maximum absolute atomic E-state index is 10.0. The van der Waals surface area contributed by atoms with E-state index in [9.17, 15) is 5.11 Å². The first kappa shape index (κ1) is 11.8. The summed E-state index contributed by atoms with van der Waals surface area (Å²) in [5.41, 5.74) is 0.445. The van der Waals surface area contributed by atoms with E-state index in [-0.39, 0.29) is 5.41 Å². The summed E-state index contributed by atoms with van der Waals surface area (Å²) in [7, 11) is 0. The van der Waals surface area contributed by atoms with Crippen molar-refractivity contribution in [3.05, 3.63) is 33.8 Å². The lowest BCUT2D eigenvalue weighted by atomic mass is 9.85. The van der Waals surface area contributed by atoms with E-state index in [2.05, 4.69) is 0 Å². The summed E-state index contributed by atoms with van der Waals surface area (Å²) in [4.78, 5) is 0. The number of aliphatic hydroxyl groups is 1. The molecule has 78 valence electrons. The van der Waals surface area contributed by atoms with Crippen LogP contribution in [0.3, 0.4) is 0 Å². The van der Waals surface area contributed by atoms with Gasteiger partial charge in [0.05, 0.1) is 6.10 Å². The van der Waals surface area contributed by atoms with Gasteiger partial charge in [0.1, 0.15) is 0 Å². The average Bonchev–Trinajstić information content (AvgIpc) is 2.06. The number of aliphatic hydroxyl groups excluding tert-OH is 1. The second-order valence-electron chi connectivity index (χ2n) is 4.43. The molecule has 0 amide bonds. The van der Waals surface area contributed by atoms with Crippen LogP contribution in [-0.2, 0) is 0 Å². The maximum atomic E-state index is 10.0. The van der Waals surface area contributed by atoms with E-state index in [1.165, 1.54) is 0 Å². The molecule has 0 heterocycles. The fourth-order valence-electron chi connectivity index (χ4n) is 1.19. The van der Waals surface area contributed by atoms with Crippen molar-refractivity contribution in [2.45, 2.75) is 26.9 Å². The van der Waals surface area contributed by atoms with Gasteiger partial charge in [-0.3, -0.25) is 0 Å². The summed E-state index contributed by atoms with van der Waals surface area (Å²) in [6, 6.07) is 5.12. The summed E-state index contributed by atoms with van der Waals surface area (Å²) in [5.74, 6) is 0. The Morgan fingerprint density at radius 2 is 1.79 bits per heavy atom. The van der Waals surface area contributed by atoms with E-state index >= 15 is 0 Å². The highest BCUT2D eigenvalue weighted by molar-refractivity contribution is 6.33. The lowest BCUT2D eigenvalue weighted by Gasteiger charge is -2.26. The fraction of sp³-hybridized carbons (Fsp3) is 0.455. The number of benzene rings is 1. The molecule has 1 atom stereocenters. The first-order valence-corrected chi connectivity index (χ1v) is 5.21. The maximum Gasteiger partial charge on any atom is 0.0853 e. The molecule has 3 heteroatoms. The Bertz CT molecular complexity index is 329. The molecular formula is C11H14Cl2O. The van der Waals surface area contributed by atoms with Gasteiger partial charge in [-0.2, -0.15) is 0 Å². The molecule has 1 aromatic carbocycles. The molecule has 0 radical (unpaired) electrons. The van der Waals surface area contributed by atoms with Gasteiger partial charge in [0.2, 0.25) is 0 Å². The summed E-state index contributed by atoms with van der Waals surface area (Å²) < 4.78 is 0. The molecule has 0 saturated carbocycles. The normalized spacial score (nSPS) is 14.1. The van der Waals surface area contributed by atoms with E-state index in [4.69, 9.17) is 23.2 Å². The molecular weight excluding hydrogens is 219 g/mol. The Morgan fingerprint density at radius 1 is 1.21 bits per heavy atom. The molecule has 0 fully saturated rings. The summed E-state index contributed by atoms with van der Waals surface area (Å²) in [6.45, 7) is 5.86. The molecule has 0 bridgehead atoms. The molecule has 0 spiro atoms. The van der Waals surface area contributed by atoms with Gasteiger partial charge >= 0.3 is 0 Å². The second-order valence-corrected chi connectivity index (χ2v) is 5.28. The third-order valence-electron chi connectivity index (χ3n) is 2.07. The van der Waals surface area contributed by atoms with Crippen LogP contribution in [0.5, 0.6) is 0 Å². The lowest BCUT2D eigenvalue weighted by Crippen LogP contribution is -2.18. The largest absolute Gasteiger partial charge is 0.388 e. The van der Waals surface area contributed by atoms with Crippen LogP contribution in [0.2, 0.25) is 10.0 Å². The van der Waals surface area contributed by atoms with E-state index < -0.39 is 6.10 Å². The van der Waals surface area contributed by atoms with Crippen molar-refractivity contribution in [3.63, 3.8) is 0 Å². The standard InChI is InChI=1S/C11H14Cl2O/c1-11(2,3)10(14)8-6-7(12)4-5-9(8)13/h4-6,10,14H,1-3H3. The number of hydrogen-bond acceptors (Lipinski definition) is 1. The average molecular weight is 233 g/mol. The van der Waals surface area contributed by atoms with Crippen LogP contribution in [-0.4, -0.2) is 5.11 Å². The predicted octanol–water partition coefficient (Wildman–Crippen LogP) is 4.07. The van der Waals surface area contributed by atoms with Gasteiger partial charge < -0.3 is 5.11 Å². The topological polar surface area (TPSA) is 20.2 Å². The van der Waals surface area contributed by atoms with Crippen molar-refractivity contribution in [1.82, 2.24) is 0 Å². The van der Waals surface area contributed by atoms with Gasteiger partial charge in [-0.15, -0.1) is 0 Å². The van der Waals surface area contributed by atoms with Crippen molar-refractivity contribution in [1.29, 1.82) is 0 Å². The van der Waals surface area contributed by atoms with Crippen molar-refractivity contribution in [3.8, 4) is 0 Å². The molecule has 1 nitrogen and oxygen atoms in total. The summed E-state index contributed by atoms with van der Waals surface area (Å²) in [5, 5.41) is 11.2. The zero-order chi connectivity index (χ0) is 10.9. The van der Waals surface area contributed by atoms with E-state index in [0.717, 1.165) is 0 Å². The van der Waals surface area contributed by atoms with E-state index in [1.54, 1.807) is 18.2 Å². The van der Waals surface area contributed by atoms with Gasteiger partial charge in [0.25, 0.3) is 0 Å². The van der Waals surface area contributed by atoms with Crippen LogP contribution in [0.4, 0.5) is 0 Å². The van der Waals surface area contributed by atoms with Crippen LogP contribution < -0.4 is 0 Å². The van der Waals surface area contributed by atoms with E-state index in [1.807, 2.05) is 20.8 Å².